The highest BCUT2D eigenvalue weighted by atomic mass is 16.3. The number of carbonyl (C=O) groups is 1. The Hall–Kier alpha value is -0.610. The molecule has 0 aromatic heterocycles. The van der Waals surface area contributed by atoms with Crippen LogP contribution in [-0.4, -0.2) is 36.2 Å². The lowest BCUT2D eigenvalue weighted by molar-refractivity contribution is -0.122. The maximum absolute atomic E-state index is 11.6. The third-order valence-electron chi connectivity index (χ3n) is 3.40. The van der Waals surface area contributed by atoms with E-state index in [9.17, 15) is 9.90 Å². The second-order valence-electron chi connectivity index (χ2n) is 4.75. The van der Waals surface area contributed by atoms with E-state index in [4.69, 9.17) is 0 Å². The molecule has 0 bridgehead atoms. The van der Waals surface area contributed by atoms with Crippen molar-refractivity contribution in [2.45, 2.75) is 51.7 Å². The number of nitrogens with one attached hydrogen (secondary N) is 2. The van der Waals surface area contributed by atoms with Crippen LogP contribution in [0.15, 0.2) is 0 Å². The van der Waals surface area contributed by atoms with Gasteiger partial charge in [0, 0.05) is 19.0 Å². The summed E-state index contributed by atoms with van der Waals surface area (Å²) in [4.78, 5) is 11.6. The summed E-state index contributed by atoms with van der Waals surface area (Å²) in [7, 11) is 0. The largest absolute Gasteiger partial charge is 0.391 e. The summed E-state index contributed by atoms with van der Waals surface area (Å²) in [6, 6.07) is 0.334. The molecule has 1 aliphatic heterocycles. The van der Waals surface area contributed by atoms with Gasteiger partial charge >= 0.3 is 0 Å². The summed E-state index contributed by atoms with van der Waals surface area (Å²) in [5.41, 5.74) is 0. The van der Waals surface area contributed by atoms with Gasteiger partial charge in [-0.1, -0.05) is 20.3 Å². The number of rotatable bonds is 6. The molecule has 3 atom stereocenters. The average molecular weight is 228 g/mol. The first-order valence-electron chi connectivity index (χ1n) is 6.31. The normalized spacial score (nSPS) is 24.1. The number of aliphatic hydroxyl groups is 1. The van der Waals surface area contributed by atoms with Crippen molar-refractivity contribution in [3.8, 4) is 0 Å². The zero-order valence-electron chi connectivity index (χ0n) is 10.3. The molecule has 4 heteroatoms. The Bertz CT molecular complexity index is 215. The van der Waals surface area contributed by atoms with E-state index in [-0.39, 0.29) is 11.8 Å². The quantitative estimate of drug-likeness (QED) is 0.625. The van der Waals surface area contributed by atoms with Gasteiger partial charge in [-0.25, -0.2) is 0 Å². The molecular weight excluding hydrogens is 204 g/mol. The first-order valence-corrected chi connectivity index (χ1v) is 6.31. The van der Waals surface area contributed by atoms with Crippen molar-refractivity contribution in [1.82, 2.24) is 10.6 Å². The summed E-state index contributed by atoms with van der Waals surface area (Å²) in [6.07, 6.45) is 3.29. The molecule has 1 rings (SSSR count). The van der Waals surface area contributed by atoms with Crippen molar-refractivity contribution in [1.29, 1.82) is 0 Å². The summed E-state index contributed by atoms with van der Waals surface area (Å²) >= 11 is 0. The van der Waals surface area contributed by atoms with Gasteiger partial charge in [0.25, 0.3) is 0 Å². The smallest absolute Gasteiger partial charge is 0.221 e. The van der Waals surface area contributed by atoms with E-state index < -0.39 is 6.10 Å². The van der Waals surface area contributed by atoms with Crippen LogP contribution in [-0.2, 0) is 4.79 Å². The van der Waals surface area contributed by atoms with Gasteiger partial charge in [-0.15, -0.1) is 0 Å². The van der Waals surface area contributed by atoms with Crippen molar-refractivity contribution in [3.63, 3.8) is 0 Å². The van der Waals surface area contributed by atoms with Crippen molar-refractivity contribution < 1.29 is 9.90 Å². The maximum atomic E-state index is 11.6. The van der Waals surface area contributed by atoms with E-state index in [1.165, 1.54) is 0 Å². The Kier molecular flexibility index (Phi) is 5.77. The molecule has 3 unspecified atom stereocenters. The second kappa shape index (κ2) is 6.86. The number of hydrogen-bond donors (Lipinski definition) is 3. The molecule has 4 nitrogen and oxygen atoms in total. The Labute approximate surface area is 97.8 Å². The minimum atomic E-state index is -0.425. The highest BCUT2D eigenvalue weighted by molar-refractivity contribution is 5.76. The molecule has 1 aliphatic rings. The molecule has 16 heavy (non-hydrogen) atoms. The first kappa shape index (κ1) is 13.5. The standard InChI is InChI=1S/C12H24N2O2/c1-3-9(2)11(15)8-14-12(16)7-10-5-4-6-13-10/h9-11,13,15H,3-8H2,1-2H3,(H,14,16). The number of aliphatic hydroxyl groups excluding tert-OH is 1. The molecule has 0 aromatic rings. The lowest BCUT2D eigenvalue weighted by Gasteiger charge is -2.18. The Morgan fingerprint density at radius 3 is 2.94 bits per heavy atom. The van der Waals surface area contributed by atoms with Crippen LogP contribution in [0.2, 0.25) is 0 Å². The Balaban J connectivity index is 2.14. The second-order valence-corrected chi connectivity index (χ2v) is 4.75. The van der Waals surface area contributed by atoms with Crippen LogP contribution in [0.5, 0.6) is 0 Å². The van der Waals surface area contributed by atoms with E-state index >= 15 is 0 Å². The SMILES string of the molecule is CCC(C)C(O)CNC(=O)CC1CCCN1. The fourth-order valence-electron chi connectivity index (χ4n) is 1.92. The van der Waals surface area contributed by atoms with Gasteiger partial charge in [0.05, 0.1) is 6.10 Å². The van der Waals surface area contributed by atoms with Crippen LogP contribution >= 0.6 is 0 Å². The molecule has 0 spiro atoms. The van der Waals surface area contributed by atoms with Crippen LogP contribution < -0.4 is 10.6 Å². The van der Waals surface area contributed by atoms with Crippen molar-refractivity contribution in [2.24, 2.45) is 5.92 Å². The topological polar surface area (TPSA) is 61.4 Å². The Morgan fingerprint density at radius 1 is 1.62 bits per heavy atom. The monoisotopic (exact) mass is 228 g/mol. The molecule has 0 saturated carbocycles. The summed E-state index contributed by atoms with van der Waals surface area (Å²) in [6.45, 7) is 5.43. The van der Waals surface area contributed by atoms with Crippen LogP contribution in [0.1, 0.15) is 39.5 Å². The van der Waals surface area contributed by atoms with Crippen LogP contribution in [0, 0.1) is 5.92 Å². The molecule has 0 radical (unpaired) electrons. The molecule has 1 heterocycles. The van der Waals surface area contributed by atoms with E-state index in [1.807, 2.05) is 13.8 Å². The maximum Gasteiger partial charge on any atom is 0.221 e. The molecule has 3 N–H and O–H groups in total. The van der Waals surface area contributed by atoms with Gasteiger partial charge in [0.1, 0.15) is 0 Å². The summed E-state index contributed by atoms with van der Waals surface area (Å²) < 4.78 is 0. The lowest BCUT2D eigenvalue weighted by atomic mass is 10.0. The predicted octanol–water partition coefficient (Wildman–Crippen LogP) is 0.652. The summed E-state index contributed by atoms with van der Waals surface area (Å²) in [5.74, 6) is 0.284. The number of carbonyl (C=O) groups excluding carboxylic acids is 1. The minimum absolute atomic E-state index is 0.0433. The van der Waals surface area contributed by atoms with Crippen LogP contribution in [0.4, 0.5) is 0 Å². The molecule has 94 valence electrons. The first-order chi connectivity index (χ1) is 7.63. The minimum Gasteiger partial charge on any atom is -0.391 e. The van der Waals surface area contributed by atoms with E-state index in [1.54, 1.807) is 0 Å². The van der Waals surface area contributed by atoms with Gasteiger partial charge in [0.2, 0.25) is 5.91 Å². The molecular formula is C12H24N2O2. The zero-order chi connectivity index (χ0) is 12.0. The Morgan fingerprint density at radius 2 is 2.38 bits per heavy atom. The van der Waals surface area contributed by atoms with Gasteiger partial charge in [-0.3, -0.25) is 4.79 Å². The van der Waals surface area contributed by atoms with Crippen molar-refractivity contribution in [3.05, 3.63) is 0 Å². The third-order valence-corrected chi connectivity index (χ3v) is 3.40. The van der Waals surface area contributed by atoms with Gasteiger partial charge < -0.3 is 15.7 Å². The number of hydrogen-bond acceptors (Lipinski definition) is 3. The molecule has 0 aromatic carbocycles. The molecule has 1 saturated heterocycles. The van der Waals surface area contributed by atoms with Crippen molar-refractivity contribution in [2.75, 3.05) is 13.1 Å². The van der Waals surface area contributed by atoms with E-state index in [2.05, 4.69) is 10.6 Å². The van der Waals surface area contributed by atoms with Gasteiger partial charge in [-0.2, -0.15) is 0 Å². The third kappa shape index (κ3) is 4.49. The average Bonchev–Trinajstić information content (AvgIpc) is 2.77. The van der Waals surface area contributed by atoms with Crippen molar-refractivity contribution >= 4 is 5.91 Å². The zero-order valence-corrected chi connectivity index (χ0v) is 10.3. The fraction of sp³-hybridized carbons (Fsp3) is 0.917. The van der Waals surface area contributed by atoms with E-state index in [0.29, 0.717) is 19.0 Å². The van der Waals surface area contributed by atoms with Crippen LogP contribution in [0.3, 0.4) is 0 Å². The highest BCUT2D eigenvalue weighted by Gasteiger charge is 2.18. The fourth-order valence-corrected chi connectivity index (χ4v) is 1.92. The van der Waals surface area contributed by atoms with Gasteiger partial charge in [-0.05, 0) is 25.3 Å². The predicted molar refractivity (Wildman–Crippen MR) is 64.1 cm³/mol. The highest BCUT2D eigenvalue weighted by Crippen LogP contribution is 2.09. The van der Waals surface area contributed by atoms with Gasteiger partial charge in [0.15, 0.2) is 0 Å². The number of amides is 1. The molecule has 1 amide bonds. The summed E-state index contributed by atoms with van der Waals surface area (Å²) in [5, 5.41) is 15.8. The lowest BCUT2D eigenvalue weighted by Crippen LogP contribution is -2.38. The molecule has 1 fully saturated rings. The van der Waals surface area contributed by atoms with Crippen LogP contribution in [0.25, 0.3) is 0 Å². The molecule has 0 aliphatic carbocycles. The van der Waals surface area contributed by atoms with E-state index in [0.717, 1.165) is 25.8 Å².